The summed E-state index contributed by atoms with van der Waals surface area (Å²) < 4.78 is 0. The quantitative estimate of drug-likeness (QED) is 0.609. The van der Waals surface area contributed by atoms with E-state index in [-0.39, 0.29) is 11.5 Å². The lowest BCUT2D eigenvalue weighted by Crippen LogP contribution is -2.42. The first kappa shape index (κ1) is 10.8. The van der Waals surface area contributed by atoms with Gasteiger partial charge in [0.25, 0.3) is 0 Å². The van der Waals surface area contributed by atoms with Crippen LogP contribution in [0.5, 0.6) is 0 Å². The molecular weight excluding hydrogens is 184 g/mol. The van der Waals surface area contributed by atoms with Gasteiger partial charge in [-0.2, -0.15) is 0 Å². The average molecular weight is 200 g/mol. The maximum absolute atomic E-state index is 11.0. The van der Waals surface area contributed by atoms with E-state index in [4.69, 9.17) is 5.11 Å². The van der Waals surface area contributed by atoms with Gasteiger partial charge in [-0.25, -0.2) is 9.59 Å². The number of amides is 2. The molecule has 1 fully saturated rings. The van der Waals surface area contributed by atoms with Gasteiger partial charge in [0.2, 0.25) is 0 Å². The van der Waals surface area contributed by atoms with E-state index in [1.165, 1.54) is 0 Å². The summed E-state index contributed by atoms with van der Waals surface area (Å²) in [6.07, 6.45) is 0.642. The lowest BCUT2D eigenvalue weighted by atomic mass is 9.86. The third kappa shape index (κ3) is 2.61. The van der Waals surface area contributed by atoms with Crippen LogP contribution in [0.3, 0.4) is 0 Å². The molecule has 1 rings (SSSR count). The lowest BCUT2D eigenvalue weighted by Gasteiger charge is -2.24. The Hall–Kier alpha value is -1.26. The number of hydrogen-bond donors (Lipinski definition) is 3. The molecule has 2 atom stereocenters. The van der Waals surface area contributed by atoms with E-state index in [0.717, 1.165) is 0 Å². The summed E-state index contributed by atoms with van der Waals surface area (Å²) in [5.74, 6) is -0.988. The fraction of sp³-hybridized carbons (Fsp3) is 0.778. The molecule has 1 aliphatic rings. The molecule has 0 aromatic rings. The zero-order valence-electron chi connectivity index (χ0n) is 8.63. The normalized spacial score (nSPS) is 26.9. The number of aliphatic carboxylic acids is 1. The molecule has 3 N–H and O–H groups in total. The Morgan fingerprint density at radius 3 is 2.43 bits per heavy atom. The second-order valence-corrected chi connectivity index (χ2v) is 4.80. The lowest BCUT2D eigenvalue weighted by molar-refractivity contribution is -0.139. The number of nitrogens with one attached hydrogen (secondary N) is 2. The number of carbonyl (C=O) groups excluding carboxylic acids is 1. The molecule has 5 nitrogen and oxygen atoms in total. The van der Waals surface area contributed by atoms with Crippen LogP contribution in [0.2, 0.25) is 0 Å². The molecule has 0 aromatic heterocycles. The van der Waals surface area contributed by atoms with Crippen molar-refractivity contribution in [2.45, 2.75) is 39.3 Å². The Morgan fingerprint density at radius 2 is 2.00 bits per heavy atom. The summed E-state index contributed by atoms with van der Waals surface area (Å²) in [5, 5.41) is 13.8. The SMILES string of the molecule is CC(C)(C)CC1NC(=O)NC1C(=O)O. The van der Waals surface area contributed by atoms with Crippen molar-refractivity contribution in [1.29, 1.82) is 0 Å². The van der Waals surface area contributed by atoms with Crippen molar-refractivity contribution in [3.63, 3.8) is 0 Å². The van der Waals surface area contributed by atoms with Gasteiger partial charge in [0, 0.05) is 0 Å². The van der Waals surface area contributed by atoms with Crippen LogP contribution in [-0.4, -0.2) is 29.2 Å². The van der Waals surface area contributed by atoms with E-state index < -0.39 is 18.0 Å². The zero-order valence-corrected chi connectivity index (χ0v) is 8.63. The molecule has 1 saturated heterocycles. The van der Waals surface area contributed by atoms with Gasteiger partial charge < -0.3 is 15.7 Å². The maximum Gasteiger partial charge on any atom is 0.328 e. The number of carboxylic acid groups (broad SMARTS) is 1. The molecule has 0 spiro atoms. The number of urea groups is 1. The summed E-state index contributed by atoms with van der Waals surface area (Å²) in [6.45, 7) is 6.03. The Morgan fingerprint density at radius 1 is 1.43 bits per heavy atom. The van der Waals surface area contributed by atoms with Gasteiger partial charge >= 0.3 is 12.0 Å². The number of carbonyl (C=O) groups is 2. The highest BCUT2D eigenvalue weighted by Gasteiger charge is 2.38. The fourth-order valence-corrected chi connectivity index (χ4v) is 1.60. The van der Waals surface area contributed by atoms with Crippen molar-refractivity contribution in [1.82, 2.24) is 10.6 Å². The number of hydrogen-bond acceptors (Lipinski definition) is 2. The minimum absolute atomic E-state index is 0.00231. The minimum Gasteiger partial charge on any atom is -0.480 e. The van der Waals surface area contributed by atoms with Crippen LogP contribution < -0.4 is 10.6 Å². The standard InChI is InChI=1S/C9H16N2O3/c1-9(2,3)4-5-6(7(12)13)11-8(14)10-5/h5-6H,4H2,1-3H3,(H,12,13)(H2,10,11,14). The van der Waals surface area contributed by atoms with Crippen molar-refractivity contribution in [2.75, 3.05) is 0 Å². The second-order valence-electron chi connectivity index (χ2n) is 4.80. The maximum atomic E-state index is 11.0. The van der Waals surface area contributed by atoms with E-state index >= 15 is 0 Å². The molecule has 0 aliphatic carbocycles. The molecule has 80 valence electrons. The first-order valence-corrected chi connectivity index (χ1v) is 4.59. The van der Waals surface area contributed by atoms with Crippen LogP contribution in [0.4, 0.5) is 4.79 Å². The predicted molar refractivity (Wildman–Crippen MR) is 51.0 cm³/mol. The van der Waals surface area contributed by atoms with Crippen molar-refractivity contribution >= 4 is 12.0 Å². The van der Waals surface area contributed by atoms with Gasteiger partial charge in [0.05, 0.1) is 6.04 Å². The third-order valence-electron chi connectivity index (χ3n) is 2.10. The molecule has 0 radical (unpaired) electrons. The highest BCUT2D eigenvalue weighted by molar-refractivity contribution is 5.87. The first-order chi connectivity index (χ1) is 6.29. The molecule has 5 heteroatoms. The van der Waals surface area contributed by atoms with Crippen LogP contribution in [0.25, 0.3) is 0 Å². The van der Waals surface area contributed by atoms with Crippen molar-refractivity contribution in [3.8, 4) is 0 Å². The third-order valence-corrected chi connectivity index (χ3v) is 2.10. The molecule has 0 bridgehead atoms. The van der Waals surface area contributed by atoms with Crippen LogP contribution in [0.15, 0.2) is 0 Å². The molecule has 0 saturated carbocycles. The second kappa shape index (κ2) is 3.48. The van der Waals surface area contributed by atoms with Gasteiger partial charge in [-0.1, -0.05) is 20.8 Å². The predicted octanol–water partition coefficient (Wildman–Crippen LogP) is 0.557. The largest absolute Gasteiger partial charge is 0.480 e. The Balaban J connectivity index is 2.67. The van der Waals surface area contributed by atoms with E-state index in [0.29, 0.717) is 6.42 Å². The van der Waals surface area contributed by atoms with Crippen LogP contribution in [0, 0.1) is 5.41 Å². The summed E-state index contributed by atoms with van der Waals surface area (Å²) in [4.78, 5) is 21.8. The van der Waals surface area contributed by atoms with Gasteiger partial charge in [-0.15, -0.1) is 0 Å². The van der Waals surface area contributed by atoms with E-state index in [2.05, 4.69) is 10.6 Å². The summed E-state index contributed by atoms with van der Waals surface area (Å²) in [7, 11) is 0. The van der Waals surface area contributed by atoms with Gasteiger partial charge in [0.15, 0.2) is 0 Å². The number of carboxylic acids is 1. The van der Waals surface area contributed by atoms with Crippen LogP contribution in [-0.2, 0) is 4.79 Å². The molecule has 2 unspecified atom stereocenters. The minimum atomic E-state index is -0.988. The van der Waals surface area contributed by atoms with E-state index in [9.17, 15) is 9.59 Å². The molecular formula is C9H16N2O3. The zero-order chi connectivity index (χ0) is 10.9. The summed E-state index contributed by atoms with van der Waals surface area (Å²) >= 11 is 0. The molecule has 0 aromatic carbocycles. The molecule has 1 heterocycles. The first-order valence-electron chi connectivity index (χ1n) is 4.59. The van der Waals surface area contributed by atoms with Gasteiger partial charge in [0.1, 0.15) is 6.04 Å². The van der Waals surface area contributed by atoms with Gasteiger partial charge in [-0.05, 0) is 11.8 Å². The van der Waals surface area contributed by atoms with Crippen LogP contribution >= 0.6 is 0 Å². The van der Waals surface area contributed by atoms with E-state index in [1.807, 2.05) is 20.8 Å². The summed E-state index contributed by atoms with van der Waals surface area (Å²) in [5.41, 5.74) is -0.00231. The highest BCUT2D eigenvalue weighted by Crippen LogP contribution is 2.23. The molecule has 1 aliphatic heterocycles. The van der Waals surface area contributed by atoms with Gasteiger partial charge in [-0.3, -0.25) is 0 Å². The van der Waals surface area contributed by atoms with E-state index in [1.54, 1.807) is 0 Å². The Labute approximate surface area is 82.9 Å². The molecule has 2 amide bonds. The summed E-state index contributed by atoms with van der Waals surface area (Å²) in [6, 6.07) is -1.52. The average Bonchev–Trinajstić information content (AvgIpc) is 2.27. The topological polar surface area (TPSA) is 78.4 Å². The smallest absolute Gasteiger partial charge is 0.328 e. The molecule has 14 heavy (non-hydrogen) atoms. The Bertz CT molecular complexity index is 257. The Kier molecular flexibility index (Phi) is 2.69. The highest BCUT2D eigenvalue weighted by atomic mass is 16.4. The van der Waals surface area contributed by atoms with Crippen LogP contribution in [0.1, 0.15) is 27.2 Å². The van der Waals surface area contributed by atoms with Crippen molar-refractivity contribution < 1.29 is 14.7 Å². The monoisotopic (exact) mass is 200 g/mol. The number of rotatable bonds is 2. The fourth-order valence-electron chi connectivity index (χ4n) is 1.60. The van der Waals surface area contributed by atoms with Crippen molar-refractivity contribution in [3.05, 3.63) is 0 Å². The van der Waals surface area contributed by atoms with Crippen molar-refractivity contribution in [2.24, 2.45) is 5.41 Å².